The van der Waals surface area contributed by atoms with E-state index in [-0.39, 0.29) is 18.4 Å². The fourth-order valence-electron chi connectivity index (χ4n) is 3.95. The SMILES string of the molecule is CCc1ccc(OCC(=O)Nc2ccc3c(c2)OC(C)C(=O)N3CCN2CCOCC2)cc1. The number of nitrogens with zero attached hydrogens (tertiary/aromatic N) is 2. The molecule has 2 aromatic rings. The number of aryl methyl sites for hydroxylation is 1. The smallest absolute Gasteiger partial charge is 0.267 e. The summed E-state index contributed by atoms with van der Waals surface area (Å²) < 4.78 is 16.8. The van der Waals surface area contributed by atoms with Crippen LogP contribution >= 0.6 is 0 Å². The van der Waals surface area contributed by atoms with Gasteiger partial charge in [-0.1, -0.05) is 19.1 Å². The van der Waals surface area contributed by atoms with Crippen molar-refractivity contribution in [1.82, 2.24) is 4.90 Å². The van der Waals surface area contributed by atoms with Crippen molar-refractivity contribution in [3.05, 3.63) is 48.0 Å². The Labute approximate surface area is 194 Å². The fourth-order valence-corrected chi connectivity index (χ4v) is 3.95. The van der Waals surface area contributed by atoms with Gasteiger partial charge in [-0.15, -0.1) is 0 Å². The monoisotopic (exact) mass is 453 g/mol. The number of rotatable bonds is 8. The van der Waals surface area contributed by atoms with Gasteiger partial charge in [-0.25, -0.2) is 0 Å². The highest BCUT2D eigenvalue weighted by molar-refractivity contribution is 6.00. The summed E-state index contributed by atoms with van der Waals surface area (Å²) in [7, 11) is 0. The van der Waals surface area contributed by atoms with Crippen molar-refractivity contribution < 1.29 is 23.8 Å². The third kappa shape index (κ3) is 5.83. The molecule has 1 unspecified atom stereocenters. The Bertz CT molecular complexity index is 973. The molecule has 33 heavy (non-hydrogen) atoms. The van der Waals surface area contributed by atoms with Gasteiger partial charge in [-0.2, -0.15) is 0 Å². The minimum atomic E-state index is -0.581. The lowest BCUT2D eigenvalue weighted by molar-refractivity contribution is -0.125. The molecule has 2 amide bonds. The predicted octanol–water partition coefficient (Wildman–Crippen LogP) is 2.71. The van der Waals surface area contributed by atoms with E-state index in [0.717, 1.165) is 45.0 Å². The van der Waals surface area contributed by atoms with E-state index in [1.165, 1.54) is 5.56 Å². The Morgan fingerprint density at radius 2 is 1.88 bits per heavy atom. The van der Waals surface area contributed by atoms with Crippen molar-refractivity contribution in [3.63, 3.8) is 0 Å². The molecule has 1 atom stereocenters. The highest BCUT2D eigenvalue weighted by Gasteiger charge is 2.32. The molecule has 0 aliphatic carbocycles. The summed E-state index contributed by atoms with van der Waals surface area (Å²) in [5.74, 6) is 0.908. The molecular formula is C25H31N3O5. The standard InChI is InChI=1S/C25H31N3O5/c1-3-19-4-7-21(8-5-19)32-17-24(29)26-20-6-9-22-23(16-20)33-18(2)25(30)28(22)11-10-27-12-14-31-15-13-27/h4-9,16,18H,3,10-15,17H2,1-2H3,(H,26,29). The molecule has 0 spiro atoms. The zero-order valence-corrected chi connectivity index (χ0v) is 19.2. The summed E-state index contributed by atoms with van der Waals surface area (Å²) in [5, 5.41) is 2.84. The lowest BCUT2D eigenvalue weighted by atomic mass is 10.1. The van der Waals surface area contributed by atoms with Crippen molar-refractivity contribution in [2.75, 3.05) is 56.2 Å². The van der Waals surface area contributed by atoms with Gasteiger partial charge in [0.05, 0.1) is 18.9 Å². The average Bonchev–Trinajstić information content (AvgIpc) is 2.84. The molecule has 2 aromatic carbocycles. The normalized spacial score (nSPS) is 18.4. The number of carbonyl (C=O) groups is 2. The van der Waals surface area contributed by atoms with Crippen LogP contribution < -0.4 is 19.7 Å². The van der Waals surface area contributed by atoms with Crippen LogP contribution in [0.25, 0.3) is 0 Å². The Morgan fingerprint density at radius 1 is 1.12 bits per heavy atom. The zero-order valence-electron chi connectivity index (χ0n) is 19.2. The van der Waals surface area contributed by atoms with Crippen LogP contribution in [-0.4, -0.2) is 68.8 Å². The van der Waals surface area contributed by atoms with E-state index >= 15 is 0 Å². The molecule has 0 saturated carbocycles. The quantitative estimate of drug-likeness (QED) is 0.662. The van der Waals surface area contributed by atoms with Gasteiger partial charge in [0.1, 0.15) is 11.5 Å². The number of carbonyl (C=O) groups excluding carboxylic acids is 2. The highest BCUT2D eigenvalue weighted by atomic mass is 16.5. The summed E-state index contributed by atoms with van der Waals surface area (Å²) in [6.07, 6.45) is 0.373. The number of morpholine rings is 1. The van der Waals surface area contributed by atoms with Crippen LogP contribution in [-0.2, 0) is 20.7 Å². The van der Waals surface area contributed by atoms with E-state index in [1.54, 1.807) is 24.0 Å². The Kier molecular flexibility index (Phi) is 7.47. The number of ether oxygens (including phenoxy) is 3. The summed E-state index contributed by atoms with van der Waals surface area (Å²) in [5.41, 5.74) is 2.53. The van der Waals surface area contributed by atoms with Gasteiger partial charge in [0.2, 0.25) is 0 Å². The van der Waals surface area contributed by atoms with Crippen LogP contribution in [0.2, 0.25) is 0 Å². The maximum atomic E-state index is 12.8. The van der Waals surface area contributed by atoms with Gasteiger partial charge in [-0.3, -0.25) is 14.5 Å². The molecule has 0 aromatic heterocycles. The molecule has 1 N–H and O–H groups in total. The van der Waals surface area contributed by atoms with Crippen LogP contribution in [0.4, 0.5) is 11.4 Å². The van der Waals surface area contributed by atoms with Crippen LogP contribution in [0.15, 0.2) is 42.5 Å². The van der Waals surface area contributed by atoms with E-state index < -0.39 is 6.10 Å². The van der Waals surface area contributed by atoms with Crippen molar-refractivity contribution in [3.8, 4) is 11.5 Å². The third-order valence-corrected chi connectivity index (χ3v) is 5.90. The molecule has 1 fully saturated rings. The minimum Gasteiger partial charge on any atom is -0.484 e. The predicted molar refractivity (Wildman–Crippen MR) is 126 cm³/mol. The van der Waals surface area contributed by atoms with Gasteiger partial charge < -0.3 is 24.4 Å². The second kappa shape index (κ2) is 10.7. The van der Waals surface area contributed by atoms with Crippen molar-refractivity contribution in [2.45, 2.75) is 26.4 Å². The number of hydrogen-bond donors (Lipinski definition) is 1. The van der Waals surface area contributed by atoms with Gasteiger partial charge in [0, 0.05) is 37.9 Å². The van der Waals surface area contributed by atoms with Crippen molar-refractivity contribution >= 4 is 23.2 Å². The Hall–Kier alpha value is -3.10. The topological polar surface area (TPSA) is 80.3 Å². The van der Waals surface area contributed by atoms with Crippen LogP contribution in [0.3, 0.4) is 0 Å². The molecule has 176 valence electrons. The van der Waals surface area contributed by atoms with Gasteiger partial charge in [0.25, 0.3) is 11.8 Å². The fraction of sp³-hybridized carbons (Fsp3) is 0.440. The Balaban J connectivity index is 1.37. The molecule has 1 saturated heterocycles. The van der Waals surface area contributed by atoms with Crippen LogP contribution in [0.1, 0.15) is 19.4 Å². The summed E-state index contributed by atoms with van der Waals surface area (Å²) in [6, 6.07) is 13.1. The second-order valence-electron chi connectivity index (χ2n) is 8.22. The maximum absolute atomic E-state index is 12.8. The average molecular weight is 454 g/mol. The van der Waals surface area contributed by atoms with E-state index in [4.69, 9.17) is 14.2 Å². The van der Waals surface area contributed by atoms with Crippen molar-refractivity contribution in [1.29, 1.82) is 0 Å². The third-order valence-electron chi connectivity index (χ3n) is 5.90. The lowest BCUT2D eigenvalue weighted by Crippen LogP contribution is -2.48. The number of amides is 2. The van der Waals surface area contributed by atoms with Gasteiger partial charge >= 0.3 is 0 Å². The first-order valence-corrected chi connectivity index (χ1v) is 11.5. The largest absolute Gasteiger partial charge is 0.484 e. The molecule has 2 aliphatic rings. The van der Waals surface area contributed by atoms with E-state index in [9.17, 15) is 9.59 Å². The van der Waals surface area contributed by atoms with E-state index in [0.29, 0.717) is 23.7 Å². The first kappa shape index (κ1) is 23.1. The minimum absolute atomic E-state index is 0.0602. The molecule has 2 aliphatic heterocycles. The van der Waals surface area contributed by atoms with Gasteiger partial charge in [-0.05, 0) is 43.2 Å². The summed E-state index contributed by atoms with van der Waals surface area (Å²) in [6.45, 7) is 8.28. The number of anilines is 2. The van der Waals surface area contributed by atoms with E-state index in [2.05, 4.69) is 17.1 Å². The molecule has 4 rings (SSSR count). The first-order valence-electron chi connectivity index (χ1n) is 11.5. The molecule has 0 radical (unpaired) electrons. The number of nitrogens with one attached hydrogen (secondary N) is 1. The highest BCUT2D eigenvalue weighted by Crippen LogP contribution is 2.36. The maximum Gasteiger partial charge on any atom is 0.267 e. The summed E-state index contributed by atoms with van der Waals surface area (Å²) >= 11 is 0. The molecule has 2 heterocycles. The number of benzene rings is 2. The number of fused-ring (bicyclic) bond motifs is 1. The molecule has 8 nitrogen and oxygen atoms in total. The van der Waals surface area contributed by atoms with Crippen molar-refractivity contribution in [2.24, 2.45) is 0 Å². The molecular weight excluding hydrogens is 422 g/mol. The molecule has 0 bridgehead atoms. The second-order valence-corrected chi connectivity index (χ2v) is 8.22. The van der Waals surface area contributed by atoms with Crippen LogP contribution in [0.5, 0.6) is 11.5 Å². The Morgan fingerprint density at radius 3 is 2.61 bits per heavy atom. The summed E-state index contributed by atoms with van der Waals surface area (Å²) in [4.78, 5) is 29.2. The number of hydrogen-bond acceptors (Lipinski definition) is 6. The zero-order chi connectivity index (χ0) is 23.2. The van der Waals surface area contributed by atoms with Gasteiger partial charge in [0.15, 0.2) is 12.7 Å². The van der Waals surface area contributed by atoms with Crippen LogP contribution in [0, 0.1) is 0 Å². The first-order chi connectivity index (χ1) is 16.0. The lowest BCUT2D eigenvalue weighted by Gasteiger charge is -2.35. The van der Waals surface area contributed by atoms with E-state index in [1.807, 2.05) is 30.3 Å². The molecule has 8 heteroatoms.